The van der Waals surface area contributed by atoms with E-state index in [0.29, 0.717) is 34.0 Å². The number of hydrogen-bond donors (Lipinski definition) is 2. The number of aryl methyl sites for hydroxylation is 3. The van der Waals surface area contributed by atoms with Crippen LogP contribution >= 0.6 is 15.9 Å². The van der Waals surface area contributed by atoms with Gasteiger partial charge in [0.1, 0.15) is 16.2 Å². The summed E-state index contributed by atoms with van der Waals surface area (Å²) in [7, 11) is 5.20. The number of nitrogens with two attached hydrogens (primary N) is 1. The van der Waals surface area contributed by atoms with Gasteiger partial charge in [0, 0.05) is 101 Å². The van der Waals surface area contributed by atoms with Crippen LogP contribution in [0, 0.1) is 41.0 Å². The smallest absolute Gasteiger partial charge is 0.274 e. The van der Waals surface area contributed by atoms with Crippen LogP contribution in [0.4, 0.5) is 28.7 Å². The molecule has 0 aromatic carbocycles. The van der Waals surface area contributed by atoms with Crippen molar-refractivity contribution in [1.82, 2.24) is 20.3 Å². The van der Waals surface area contributed by atoms with Crippen LogP contribution in [0.2, 0.25) is 0 Å². The lowest BCUT2D eigenvalue weighted by atomic mass is 10.3. The quantitative estimate of drug-likeness (QED) is 0.190. The van der Waals surface area contributed by atoms with Crippen LogP contribution in [0.1, 0.15) is 36.3 Å². The molecule has 0 bridgehead atoms. The van der Waals surface area contributed by atoms with Gasteiger partial charge in [0.05, 0.1) is 34.2 Å². The summed E-state index contributed by atoms with van der Waals surface area (Å²) in [5.41, 5.74) is 8.98. The second-order valence-electron chi connectivity index (χ2n) is 12.1. The van der Waals surface area contributed by atoms with Gasteiger partial charge in [0.25, 0.3) is 11.4 Å². The van der Waals surface area contributed by atoms with Crippen LogP contribution < -0.4 is 20.9 Å². The molecule has 3 fully saturated rings. The Bertz CT molecular complexity index is 1520. The number of aromatic nitrogens is 3. The fourth-order valence-electron chi connectivity index (χ4n) is 5.54. The molecular weight excluding hydrogens is 714 g/mol. The lowest BCUT2D eigenvalue weighted by molar-refractivity contribution is -0.385. The summed E-state index contributed by atoms with van der Waals surface area (Å²) in [5.74, 6) is 1.63. The Labute approximate surface area is 301 Å². The molecule has 16 nitrogen and oxygen atoms in total. The maximum absolute atomic E-state index is 10.8. The third-order valence-electron chi connectivity index (χ3n) is 8.17. The minimum absolute atomic E-state index is 0.0596. The molecule has 3 saturated heterocycles. The first-order chi connectivity index (χ1) is 23.8. The van der Waals surface area contributed by atoms with Crippen LogP contribution in [-0.2, 0) is 14.2 Å². The number of nitrogens with one attached hydrogen (secondary N) is 1. The Kier molecular flexibility index (Phi) is 16.1. The minimum Gasteiger partial charge on any atom is -0.399 e. The van der Waals surface area contributed by atoms with E-state index in [2.05, 4.69) is 41.1 Å². The number of anilines is 3. The molecule has 274 valence electrons. The van der Waals surface area contributed by atoms with E-state index in [-0.39, 0.29) is 22.4 Å². The molecule has 0 radical (unpaired) electrons. The van der Waals surface area contributed by atoms with Crippen molar-refractivity contribution >= 4 is 44.6 Å². The molecule has 3 aliphatic heterocycles. The summed E-state index contributed by atoms with van der Waals surface area (Å²) < 4.78 is 16.1. The van der Waals surface area contributed by atoms with E-state index in [9.17, 15) is 20.2 Å². The molecule has 0 amide bonds. The molecule has 0 unspecified atom stereocenters. The highest BCUT2D eigenvalue weighted by Gasteiger charge is 2.25. The molecule has 17 heteroatoms. The normalized spacial score (nSPS) is 19.5. The van der Waals surface area contributed by atoms with E-state index in [0.717, 1.165) is 69.3 Å². The van der Waals surface area contributed by atoms with Crippen LogP contribution in [0.3, 0.4) is 0 Å². The van der Waals surface area contributed by atoms with Crippen LogP contribution in [-0.4, -0.2) is 104 Å². The van der Waals surface area contributed by atoms with Gasteiger partial charge in [-0.1, -0.05) is 0 Å². The first-order valence-corrected chi connectivity index (χ1v) is 17.1. The third-order valence-corrected chi connectivity index (χ3v) is 8.57. The van der Waals surface area contributed by atoms with Gasteiger partial charge in [0.15, 0.2) is 0 Å². The number of ether oxygens (including phenoxy) is 3. The average molecular weight is 763 g/mol. The predicted molar refractivity (Wildman–Crippen MR) is 196 cm³/mol. The first kappa shape index (κ1) is 40.4. The number of nitro groups is 2. The molecule has 3 atom stereocenters. The second kappa shape index (κ2) is 20.0. The first-order valence-electron chi connectivity index (χ1n) is 16.3. The fraction of sp³-hybridized carbons (Fsp3) is 0.545. The molecule has 3 aromatic heterocycles. The summed E-state index contributed by atoms with van der Waals surface area (Å²) >= 11 is 3.07. The van der Waals surface area contributed by atoms with Gasteiger partial charge >= 0.3 is 0 Å². The number of hydrogen-bond acceptors (Lipinski definition) is 14. The second-order valence-corrected chi connectivity index (χ2v) is 12.9. The van der Waals surface area contributed by atoms with Gasteiger partial charge in [-0.05, 0) is 68.6 Å². The van der Waals surface area contributed by atoms with Crippen molar-refractivity contribution < 1.29 is 24.1 Å². The Morgan fingerprint density at radius 2 is 1.22 bits per heavy atom. The maximum atomic E-state index is 10.8. The third kappa shape index (κ3) is 13.0. The minimum atomic E-state index is -0.445. The van der Waals surface area contributed by atoms with E-state index < -0.39 is 4.92 Å². The van der Waals surface area contributed by atoms with Crippen molar-refractivity contribution in [3.8, 4) is 0 Å². The van der Waals surface area contributed by atoms with Gasteiger partial charge < -0.3 is 35.1 Å². The van der Waals surface area contributed by atoms with Gasteiger partial charge in [-0.25, -0.2) is 15.0 Å². The molecule has 0 aliphatic carbocycles. The summed E-state index contributed by atoms with van der Waals surface area (Å²) in [6.07, 6.45) is 4.17. The molecule has 3 N–H and O–H groups in total. The number of halogens is 1. The van der Waals surface area contributed by atoms with Crippen molar-refractivity contribution in [1.29, 1.82) is 0 Å². The van der Waals surface area contributed by atoms with Crippen molar-refractivity contribution in [2.75, 3.05) is 76.1 Å². The molecule has 6 rings (SSSR count). The van der Waals surface area contributed by atoms with E-state index >= 15 is 0 Å². The lowest BCUT2D eigenvalue weighted by Crippen LogP contribution is -2.23. The van der Waals surface area contributed by atoms with Gasteiger partial charge in [-0.2, -0.15) is 0 Å². The van der Waals surface area contributed by atoms with Crippen LogP contribution in [0.25, 0.3) is 0 Å². The van der Waals surface area contributed by atoms with Crippen LogP contribution in [0.5, 0.6) is 0 Å². The number of methoxy groups -OCH3 is 3. The fourth-order valence-corrected chi connectivity index (χ4v) is 6.06. The zero-order valence-electron chi connectivity index (χ0n) is 29.5. The molecule has 6 heterocycles. The average Bonchev–Trinajstić information content (AvgIpc) is 3.87. The molecular formula is C33H48BrN9O7. The zero-order chi connectivity index (χ0) is 36.8. The van der Waals surface area contributed by atoms with Gasteiger partial charge in [0.2, 0.25) is 0 Å². The highest BCUT2D eigenvalue weighted by molar-refractivity contribution is 9.10. The summed E-state index contributed by atoms with van der Waals surface area (Å²) in [5, 5.41) is 24.2. The number of rotatable bonds is 7. The molecule has 3 aliphatic rings. The topological polar surface area (TPSA) is 197 Å². The predicted octanol–water partition coefficient (Wildman–Crippen LogP) is 4.78. The van der Waals surface area contributed by atoms with Crippen molar-refractivity contribution in [2.24, 2.45) is 0 Å². The maximum Gasteiger partial charge on any atom is 0.274 e. The summed E-state index contributed by atoms with van der Waals surface area (Å²) in [4.78, 5) is 37.2. The Morgan fingerprint density at radius 3 is 1.62 bits per heavy atom. The molecule has 0 saturated carbocycles. The number of nitrogen functional groups attached to an aromatic ring is 1. The Hall–Kier alpha value is -4.03. The van der Waals surface area contributed by atoms with Crippen molar-refractivity contribution in [3.05, 3.63) is 78.3 Å². The van der Waals surface area contributed by atoms with E-state index in [1.54, 1.807) is 35.2 Å². The van der Waals surface area contributed by atoms with E-state index in [1.165, 1.54) is 30.7 Å². The summed E-state index contributed by atoms with van der Waals surface area (Å²) in [6.45, 7) is 11.1. The SMILES string of the molecule is CO[C@H]1CCN(c2cc(N)cc(C)n2)C1.CO[C@H]1CCN(c2cc([N+](=O)[O-])cc(C)n2)C1.CO[C@H]1CCNC1.Cc1cc([N+](=O)[O-])cc(Br)n1. The largest absolute Gasteiger partial charge is 0.399 e. The van der Waals surface area contributed by atoms with Crippen molar-refractivity contribution in [3.63, 3.8) is 0 Å². The van der Waals surface area contributed by atoms with E-state index in [1.807, 2.05) is 24.0 Å². The molecule has 50 heavy (non-hydrogen) atoms. The lowest BCUT2D eigenvalue weighted by Gasteiger charge is -2.18. The Morgan fingerprint density at radius 1 is 0.740 bits per heavy atom. The van der Waals surface area contributed by atoms with E-state index in [4.69, 9.17) is 19.9 Å². The highest BCUT2D eigenvalue weighted by atomic mass is 79.9. The van der Waals surface area contributed by atoms with Crippen LogP contribution in [0.15, 0.2) is 41.0 Å². The zero-order valence-corrected chi connectivity index (χ0v) is 31.1. The number of nitrogens with zero attached hydrogens (tertiary/aromatic N) is 7. The highest BCUT2D eigenvalue weighted by Crippen LogP contribution is 2.25. The van der Waals surface area contributed by atoms with Gasteiger partial charge in [-0.3, -0.25) is 20.2 Å². The van der Waals surface area contributed by atoms with Gasteiger partial charge in [-0.15, -0.1) is 0 Å². The molecule has 3 aromatic rings. The monoisotopic (exact) mass is 761 g/mol. The molecule has 0 spiro atoms. The number of pyridine rings is 3. The van der Waals surface area contributed by atoms with Crippen molar-refractivity contribution in [2.45, 2.75) is 58.3 Å². The Balaban J connectivity index is 0.000000188. The standard InChI is InChI=1S/C11H15N3O3.C11H17N3O.C6H5BrN2O2.C5H11NO/c1-8-5-9(14(15)16)6-11(12-8)13-4-3-10(7-13)17-2;1-8-5-9(12)6-11(13-8)14-4-3-10(7-14)15-2;1-4-2-5(9(10)11)3-6(7)8-4;1-7-5-2-3-6-4-5/h5-6,10H,3-4,7H2,1-2H3;5-6,10H,3-4,7H2,1-2H3,(H2,12,13);2-3H,1H3;5-6H,2-4H2,1H3/t2*10-;;5-/m00.0/s1. The summed E-state index contributed by atoms with van der Waals surface area (Å²) in [6, 6.07) is 9.59.